The second-order valence-corrected chi connectivity index (χ2v) is 24.9. The van der Waals surface area contributed by atoms with E-state index in [-0.39, 0.29) is 18.5 Å². The summed E-state index contributed by atoms with van der Waals surface area (Å²) >= 11 is 0. The fourth-order valence-electron chi connectivity index (χ4n) is 11.5. The molecular formula is C73H141NO5. The van der Waals surface area contributed by atoms with Crippen molar-refractivity contribution in [2.45, 2.75) is 418 Å². The fourth-order valence-corrected chi connectivity index (χ4v) is 11.5. The van der Waals surface area contributed by atoms with Gasteiger partial charge in [-0.25, -0.2) is 0 Å². The molecule has 468 valence electrons. The van der Waals surface area contributed by atoms with Crippen LogP contribution in [0.1, 0.15) is 406 Å². The number of hydrogen-bond acceptors (Lipinski definition) is 5. The predicted octanol–water partition coefficient (Wildman–Crippen LogP) is 23.3. The number of esters is 1. The number of aliphatic hydroxyl groups is 2. The third-order valence-corrected chi connectivity index (χ3v) is 17.0. The fraction of sp³-hybridized carbons (Fsp3) is 0.918. The molecule has 6 nitrogen and oxygen atoms in total. The van der Waals surface area contributed by atoms with Gasteiger partial charge >= 0.3 is 5.97 Å². The van der Waals surface area contributed by atoms with Crippen molar-refractivity contribution >= 4 is 11.9 Å². The molecule has 0 saturated carbocycles. The van der Waals surface area contributed by atoms with E-state index in [4.69, 9.17) is 4.74 Å². The molecule has 3 N–H and O–H groups in total. The van der Waals surface area contributed by atoms with Gasteiger partial charge in [0.25, 0.3) is 0 Å². The van der Waals surface area contributed by atoms with E-state index in [1.54, 1.807) is 0 Å². The highest BCUT2D eigenvalue weighted by molar-refractivity contribution is 5.76. The van der Waals surface area contributed by atoms with E-state index in [1.807, 2.05) is 0 Å². The van der Waals surface area contributed by atoms with Crippen LogP contribution >= 0.6 is 0 Å². The Hall–Kier alpha value is -1.66. The SMILES string of the molecule is CCCCC/C=C\C/C=C\CCCCCCCCCC(=O)OCCCCCCCCCCCCCCCCCCCCCCCCCCCCCCC(=O)NC(CO)C(O)CCCCCCCCCCCCCCCCCCC. The highest BCUT2D eigenvalue weighted by atomic mass is 16.5. The number of allylic oxidation sites excluding steroid dienone is 4. The highest BCUT2D eigenvalue weighted by Crippen LogP contribution is 2.19. The molecule has 0 fully saturated rings. The van der Waals surface area contributed by atoms with Crippen molar-refractivity contribution in [3.05, 3.63) is 24.3 Å². The molecule has 0 aliphatic rings. The first-order chi connectivity index (χ1) is 39.0. The average Bonchev–Trinajstić information content (AvgIpc) is 3.45. The Kier molecular flexibility index (Phi) is 67.4. The molecule has 2 atom stereocenters. The van der Waals surface area contributed by atoms with Gasteiger partial charge in [-0.2, -0.15) is 0 Å². The number of nitrogens with one attached hydrogen (secondary N) is 1. The van der Waals surface area contributed by atoms with Crippen LogP contribution in [0.4, 0.5) is 0 Å². The van der Waals surface area contributed by atoms with Crippen LogP contribution < -0.4 is 5.32 Å². The van der Waals surface area contributed by atoms with Gasteiger partial charge in [0, 0.05) is 12.8 Å². The molecule has 0 saturated heterocycles. The first kappa shape index (κ1) is 77.3. The quantitative estimate of drug-likeness (QED) is 0.0320. The average molecular weight is 1110 g/mol. The lowest BCUT2D eigenvalue weighted by Crippen LogP contribution is -2.45. The second kappa shape index (κ2) is 68.8. The van der Waals surface area contributed by atoms with Crippen LogP contribution in [-0.4, -0.2) is 47.4 Å². The Bertz CT molecular complexity index is 1230. The first-order valence-electron chi connectivity index (χ1n) is 36.1. The molecule has 6 heteroatoms. The van der Waals surface area contributed by atoms with E-state index >= 15 is 0 Å². The molecule has 2 unspecified atom stereocenters. The summed E-state index contributed by atoms with van der Waals surface area (Å²) in [5, 5.41) is 23.4. The number of carbonyl (C=O) groups is 2. The standard InChI is InChI=1S/C73H141NO5/c1-3-5-7-9-11-13-15-17-19-33-37-41-45-49-53-57-61-65-71(76)70(69-75)74-72(77)66-62-58-54-50-46-42-38-35-31-29-27-25-23-21-22-24-26-28-30-32-36-40-44-48-52-56-60-64-68-79-73(78)67-63-59-55-51-47-43-39-34-20-18-16-14-12-10-8-6-4-2/h12,14,18,20,70-71,75-76H,3-11,13,15-17,19,21-69H2,1-2H3,(H,74,77)/b14-12-,20-18-. The lowest BCUT2D eigenvalue weighted by molar-refractivity contribution is -0.143. The number of ether oxygens (including phenoxy) is 1. The van der Waals surface area contributed by atoms with Gasteiger partial charge in [-0.15, -0.1) is 0 Å². The molecule has 0 aromatic heterocycles. The molecule has 0 aromatic carbocycles. The topological polar surface area (TPSA) is 95.9 Å². The normalized spacial score (nSPS) is 12.6. The molecule has 0 aliphatic carbocycles. The summed E-state index contributed by atoms with van der Waals surface area (Å²) in [6.07, 6.45) is 86.6. The van der Waals surface area contributed by atoms with Crippen molar-refractivity contribution in [3.8, 4) is 0 Å². The van der Waals surface area contributed by atoms with Crippen molar-refractivity contribution in [2.75, 3.05) is 13.2 Å². The van der Waals surface area contributed by atoms with Crippen LogP contribution in [0.3, 0.4) is 0 Å². The molecule has 79 heavy (non-hydrogen) atoms. The summed E-state index contributed by atoms with van der Waals surface area (Å²) in [6, 6.07) is -0.539. The molecule has 0 aliphatic heterocycles. The van der Waals surface area contributed by atoms with Crippen molar-refractivity contribution in [1.29, 1.82) is 0 Å². The molecule has 0 aromatic rings. The largest absolute Gasteiger partial charge is 0.466 e. The Labute approximate surface area is 494 Å². The number of hydrogen-bond donors (Lipinski definition) is 3. The maximum atomic E-state index is 12.5. The third-order valence-electron chi connectivity index (χ3n) is 17.0. The van der Waals surface area contributed by atoms with E-state index in [0.29, 0.717) is 25.9 Å². The zero-order valence-electron chi connectivity index (χ0n) is 53.6. The minimum absolute atomic E-state index is 0.0118. The molecule has 0 bridgehead atoms. The Morgan fingerprint density at radius 3 is 0.987 bits per heavy atom. The minimum Gasteiger partial charge on any atom is -0.466 e. The summed E-state index contributed by atoms with van der Waals surface area (Å²) in [7, 11) is 0. The van der Waals surface area contributed by atoms with Crippen LogP contribution in [0.2, 0.25) is 0 Å². The Morgan fingerprint density at radius 2 is 0.633 bits per heavy atom. The summed E-state index contributed by atoms with van der Waals surface area (Å²) in [6.45, 7) is 4.96. The monoisotopic (exact) mass is 1110 g/mol. The van der Waals surface area contributed by atoms with Crippen LogP contribution in [0, 0.1) is 0 Å². The molecule has 0 radical (unpaired) electrons. The first-order valence-corrected chi connectivity index (χ1v) is 36.1. The molecule has 1 amide bonds. The van der Waals surface area contributed by atoms with E-state index in [0.717, 1.165) is 51.4 Å². The molecule has 0 rings (SSSR count). The Morgan fingerprint density at radius 1 is 0.354 bits per heavy atom. The van der Waals surface area contributed by atoms with E-state index in [1.165, 1.54) is 321 Å². The van der Waals surface area contributed by atoms with Gasteiger partial charge in [0.1, 0.15) is 0 Å². The lowest BCUT2D eigenvalue weighted by Gasteiger charge is -2.22. The maximum absolute atomic E-state index is 12.5. The van der Waals surface area contributed by atoms with Gasteiger partial charge in [0.2, 0.25) is 5.91 Å². The lowest BCUT2D eigenvalue weighted by atomic mass is 10.0. The summed E-state index contributed by atoms with van der Waals surface area (Å²) in [5.74, 6) is -0.0163. The van der Waals surface area contributed by atoms with Crippen molar-refractivity contribution < 1.29 is 24.5 Å². The zero-order chi connectivity index (χ0) is 57.1. The number of amides is 1. The van der Waals surface area contributed by atoms with Crippen LogP contribution in [0.25, 0.3) is 0 Å². The highest BCUT2D eigenvalue weighted by Gasteiger charge is 2.20. The number of aliphatic hydroxyl groups excluding tert-OH is 2. The van der Waals surface area contributed by atoms with Gasteiger partial charge < -0.3 is 20.3 Å². The van der Waals surface area contributed by atoms with Gasteiger partial charge in [0.05, 0.1) is 25.4 Å². The van der Waals surface area contributed by atoms with Crippen LogP contribution in [0.5, 0.6) is 0 Å². The van der Waals surface area contributed by atoms with Crippen LogP contribution in [-0.2, 0) is 14.3 Å². The van der Waals surface area contributed by atoms with Gasteiger partial charge in [-0.05, 0) is 57.8 Å². The van der Waals surface area contributed by atoms with Crippen LogP contribution in [0.15, 0.2) is 24.3 Å². The summed E-state index contributed by atoms with van der Waals surface area (Å²) < 4.78 is 5.50. The van der Waals surface area contributed by atoms with Gasteiger partial charge in [-0.3, -0.25) is 9.59 Å². The van der Waals surface area contributed by atoms with Crippen molar-refractivity contribution in [2.24, 2.45) is 0 Å². The van der Waals surface area contributed by atoms with Crippen molar-refractivity contribution in [3.63, 3.8) is 0 Å². The smallest absolute Gasteiger partial charge is 0.305 e. The zero-order valence-corrected chi connectivity index (χ0v) is 53.6. The molecule has 0 spiro atoms. The molecule has 0 heterocycles. The summed E-state index contributed by atoms with van der Waals surface area (Å²) in [5.41, 5.74) is 0. The predicted molar refractivity (Wildman–Crippen MR) is 347 cm³/mol. The van der Waals surface area contributed by atoms with Gasteiger partial charge in [-0.1, -0.05) is 359 Å². The summed E-state index contributed by atoms with van der Waals surface area (Å²) in [4.78, 5) is 24.6. The molecular weight excluding hydrogens is 971 g/mol. The number of rotatable bonds is 68. The second-order valence-electron chi connectivity index (χ2n) is 24.9. The van der Waals surface area contributed by atoms with E-state index in [2.05, 4.69) is 43.5 Å². The maximum Gasteiger partial charge on any atom is 0.305 e. The van der Waals surface area contributed by atoms with E-state index in [9.17, 15) is 19.8 Å². The third kappa shape index (κ3) is 65.4. The minimum atomic E-state index is -0.662. The number of carbonyl (C=O) groups excluding carboxylic acids is 2. The Balaban J connectivity index is 3.33. The number of unbranched alkanes of at least 4 members (excludes halogenated alkanes) is 53. The van der Waals surface area contributed by atoms with E-state index < -0.39 is 12.1 Å². The van der Waals surface area contributed by atoms with Gasteiger partial charge in [0.15, 0.2) is 0 Å². The van der Waals surface area contributed by atoms with Crippen molar-refractivity contribution in [1.82, 2.24) is 5.32 Å².